The van der Waals surface area contributed by atoms with Gasteiger partial charge in [0.2, 0.25) is 5.13 Å². The SMILES string of the molecule is COc1ccc2nc(CCNC(=O)Nc3nncs3)[nH]c2c1. The molecule has 3 rings (SSSR count). The van der Waals surface area contributed by atoms with Crippen LogP contribution in [0.1, 0.15) is 5.82 Å². The number of aromatic amines is 1. The molecule has 114 valence electrons. The number of benzene rings is 1. The van der Waals surface area contributed by atoms with Gasteiger partial charge in [-0.3, -0.25) is 5.32 Å². The summed E-state index contributed by atoms with van der Waals surface area (Å²) in [6.07, 6.45) is 0.598. The molecular formula is C13H14N6O2S. The zero-order chi connectivity index (χ0) is 15.4. The number of carbonyl (C=O) groups is 1. The number of urea groups is 1. The smallest absolute Gasteiger partial charge is 0.321 e. The molecule has 0 aliphatic rings. The van der Waals surface area contributed by atoms with Crippen LogP contribution < -0.4 is 15.4 Å². The number of H-pyrrole nitrogens is 1. The summed E-state index contributed by atoms with van der Waals surface area (Å²) < 4.78 is 5.17. The van der Waals surface area contributed by atoms with Crippen molar-refractivity contribution in [1.82, 2.24) is 25.5 Å². The lowest BCUT2D eigenvalue weighted by atomic mass is 10.3. The summed E-state index contributed by atoms with van der Waals surface area (Å²) in [5.74, 6) is 1.58. The Kier molecular flexibility index (Phi) is 4.15. The highest BCUT2D eigenvalue weighted by atomic mass is 32.1. The lowest BCUT2D eigenvalue weighted by Gasteiger charge is -2.03. The van der Waals surface area contributed by atoms with Crippen LogP contribution in [0.25, 0.3) is 11.0 Å². The standard InChI is InChI=1S/C13H14N6O2S/c1-21-8-2-3-9-10(6-8)17-11(16-9)4-5-14-12(20)18-13-19-15-7-22-13/h2-3,6-7H,4-5H2,1H3,(H,16,17)(H2,14,18,19,20). The van der Waals surface area contributed by atoms with Gasteiger partial charge < -0.3 is 15.0 Å². The van der Waals surface area contributed by atoms with E-state index in [9.17, 15) is 4.79 Å². The summed E-state index contributed by atoms with van der Waals surface area (Å²) in [5.41, 5.74) is 3.33. The van der Waals surface area contributed by atoms with Crippen molar-refractivity contribution in [2.75, 3.05) is 19.0 Å². The van der Waals surface area contributed by atoms with Crippen LogP contribution in [-0.4, -0.2) is 39.9 Å². The Bertz CT molecular complexity index is 770. The highest BCUT2D eigenvalue weighted by molar-refractivity contribution is 7.13. The number of amides is 2. The van der Waals surface area contributed by atoms with Crippen LogP contribution in [0.3, 0.4) is 0 Å². The molecule has 0 saturated heterocycles. The molecule has 1 aromatic carbocycles. The third kappa shape index (κ3) is 3.31. The summed E-state index contributed by atoms with van der Waals surface area (Å²) in [6.45, 7) is 0.460. The number of carbonyl (C=O) groups excluding carboxylic acids is 1. The first kappa shape index (κ1) is 14.3. The van der Waals surface area contributed by atoms with E-state index >= 15 is 0 Å². The lowest BCUT2D eigenvalue weighted by Crippen LogP contribution is -2.30. The molecule has 0 radical (unpaired) electrons. The molecule has 3 N–H and O–H groups in total. The largest absolute Gasteiger partial charge is 0.497 e. The van der Waals surface area contributed by atoms with Crippen LogP contribution in [0.2, 0.25) is 0 Å². The molecule has 2 heterocycles. The quantitative estimate of drug-likeness (QED) is 0.665. The van der Waals surface area contributed by atoms with Gasteiger partial charge in [-0.05, 0) is 12.1 Å². The normalized spacial score (nSPS) is 10.6. The maximum atomic E-state index is 11.6. The van der Waals surface area contributed by atoms with Gasteiger partial charge in [0.05, 0.1) is 18.1 Å². The molecule has 0 fully saturated rings. The van der Waals surface area contributed by atoms with Crippen LogP contribution in [-0.2, 0) is 6.42 Å². The molecule has 9 heteroatoms. The summed E-state index contributed by atoms with van der Waals surface area (Å²) in [6, 6.07) is 5.33. The van der Waals surface area contributed by atoms with Crippen molar-refractivity contribution >= 4 is 33.5 Å². The van der Waals surface area contributed by atoms with E-state index in [1.807, 2.05) is 18.2 Å². The molecule has 0 saturated carbocycles. The van der Waals surface area contributed by atoms with Gasteiger partial charge in [0, 0.05) is 19.0 Å². The average Bonchev–Trinajstić information content (AvgIpc) is 3.15. The van der Waals surface area contributed by atoms with Gasteiger partial charge in [-0.2, -0.15) is 0 Å². The molecule has 3 aromatic rings. The van der Waals surface area contributed by atoms with Crippen molar-refractivity contribution in [2.45, 2.75) is 6.42 Å². The highest BCUT2D eigenvalue weighted by Crippen LogP contribution is 2.18. The predicted octanol–water partition coefficient (Wildman–Crippen LogP) is 1.79. The number of nitrogens with one attached hydrogen (secondary N) is 3. The Hall–Kier alpha value is -2.68. The van der Waals surface area contributed by atoms with Crippen LogP contribution in [0.15, 0.2) is 23.7 Å². The van der Waals surface area contributed by atoms with Crippen LogP contribution in [0, 0.1) is 0 Å². The predicted molar refractivity (Wildman–Crippen MR) is 83.3 cm³/mol. The molecular weight excluding hydrogens is 304 g/mol. The minimum Gasteiger partial charge on any atom is -0.497 e. The Balaban J connectivity index is 1.54. The fraction of sp³-hybridized carbons (Fsp3) is 0.231. The zero-order valence-corrected chi connectivity index (χ0v) is 12.6. The van der Waals surface area contributed by atoms with E-state index in [2.05, 4.69) is 30.8 Å². The number of nitrogens with zero attached hydrogens (tertiary/aromatic N) is 3. The molecule has 0 aliphatic carbocycles. The average molecular weight is 318 g/mol. The second-order valence-corrected chi connectivity index (χ2v) is 5.27. The van der Waals surface area contributed by atoms with E-state index in [1.165, 1.54) is 11.3 Å². The van der Waals surface area contributed by atoms with Crippen LogP contribution in [0.5, 0.6) is 5.75 Å². The summed E-state index contributed by atoms with van der Waals surface area (Å²) in [7, 11) is 1.62. The summed E-state index contributed by atoms with van der Waals surface area (Å²) >= 11 is 1.26. The van der Waals surface area contributed by atoms with Gasteiger partial charge in [-0.1, -0.05) is 11.3 Å². The van der Waals surface area contributed by atoms with Crippen molar-refractivity contribution in [3.05, 3.63) is 29.5 Å². The number of methoxy groups -OCH3 is 1. The van der Waals surface area contributed by atoms with Crippen molar-refractivity contribution in [3.8, 4) is 5.75 Å². The number of hydrogen-bond acceptors (Lipinski definition) is 6. The van der Waals surface area contributed by atoms with Gasteiger partial charge in [0.25, 0.3) is 0 Å². The maximum absolute atomic E-state index is 11.6. The Morgan fingerprint density at radius 3 is 3.14 bits per heavy atom. The van der Waals surface area contributed by atoms with Crippen molar-refractivity contribution in [3.63, 3.8) is 0 Å². The van der Waals surface area contributed by atoms with E-state index in [-0.39, 0.29) is 6.03 Å². The first-order valence-electron chi connectivity index (χ1n) is 6.58. The number of aromatic nitrogens is 4. The third-order valence-corrected chi connectivity index (χ3v) is 3.57. The molecule has 0 bridgehead atoms. The number of hydrogen-bond donors (Lipinski definition) is 3. The summed E-state index contributed by atoms with van der Waals surface area (Å²) in [4.78, 5) is 19.3. The maximum Gasteiger partial charge on any atom is 0.321 e. The number of anilines is 1. The molecule has 0 spiro atoms. The Labute approximate surface area is 129 Å². The topological polar surface area (TPSA) is 105 Å². The number of ether oxygens (including phenoxy) is 1. The lowest BCUT2D eigenvalue weighted by molar-refractivity contribution is 0.252. The van der Waals surface area contributed by atoms with Crippen LogP contribution in [0.4, 0.5) is 9.93 Å². The van der Waals surface area contributed by atoms with Gasteiger partial charge >= 0.3 is 6.03 Å². The Morgan fingerprint density at radius 2 is 2.36 bits per heavy atom. The van der Waals surface area contributed by atoms with E-state index in [0.29, 0.717) is 18.1 Å². The second-order valence-electron chi connectivity index (χ2n) is 4.44. The van der Waals surface area contributed by atoms with Gasteiger partial charge in [-0.25, -0.2) is 9.78 Å². The molecule has 8 nitrogen and oxygen atoms in total. The van der Waals surface area contributed by atoms with E-state index in [0.717, 1.165) is 22.6 Å². The number of rotatable bonds is 5. The minimum atomic E-state index is -0.311. The monoisotopic (exact) mass is 318 g/mol. The van der Waals surface area contributed by atoms with Crippen molar-refractivity contribution < 1.29 is 9.53 Å². The van der Waals surface area contributed by atoms with Gasteiger partial charge in [-0.15, -0.1) is 10.2 Å². The fourth-order valence-electron chi connectivity index (χ4n) is 1.95. The highest BCUT2D eigenvalue weighted by Gasteiger charge is 2.06. The Morgan fingerprint density at radius 1 is 1.45 bits per heavy atom. The zero-order valence-electron chi connectivity index (χ0n) is 11.8. The van der Waals surface area contributed by atoms with E-state index in [1.54, 1.807) is 12.6 Å². The first-order valence-corrected chi connectivity index (χ1v) is 7.46. The molecule has 22 heavy (non-hydrogen) atoms. The summed E-state index contributed by atoms with van der Waals surface area (Å²) in [5, 5.41) is 13.2. The van der Waals surface area contributed by atoms with Gasteiger partial charge in [0.1, 0.15) is 17.1 Å². The number of imidazole rings is 1. The molecule has 0 atom stereocenters. The molecule has 0 aliphatic heterocycles. The minimum absolute atomic E-state index is 0.311. The van der Waals surface area contributed by atoms with Gasteiger partial charge in [0.15, 0.2) is 0 Å². The second kappa shape index (κ2) is 6.39. The number of fused-ring (bicyclic) bond motifs is 1. The fourth-order valence-corrected chi connectivity index (χ4v) is 2.39. The van der Waals surface area contributed by atoms with Crippen molar-refractivity contribution in [2.24, 2.45) is 0 Å². The van der Waals surface area contributed by atoms with Crippen LogP contribution >= 0.6 is 11.3 Å². The van der Waals surface area contributed by atoms with E-state index < -0.39 is 0 Å². The molecule has 2 aromatic heterocycles. The first-order chi connectivity index (χ1) is 10.7. The third-order valence-electron chi connectivity index (χ3n) is 2.97. The molecule has 0 unspecified atom stereocenters. The van der Waals surface area contributed by atoms with Crippen molar-refractivity contribution in [1.29, 1.82) is 0 Å². The molecule has 2 amide bonds. The van der Waals surface area contributed by atoms with E-state index in [4.69, 9.17) is 4.74 Å².